The Morgan fingerprint density at radius 1 is 0.676 bits per heavy atom. The molecule has 2 aromatic rings. The van der Waals surface area contributed by atoms with E-state index in [9.17, 15) is 9.59 Å². The summed E-state index contributed by atoms with van der Waals surface area (Å²) in [5, 5.41) is 0. The zero-order chi connectivity index (χ0) is 26.1. The summed E-state index contributed by atoms with van der Waals surface area (Å²) in [5.41, 5.74) is 2.17. The number of unbranched alkanes of at least 4 members (excludes halogenated alkanes) is 2. The maximum absolute atomic E-state index is 12.4. The van der Waals surface area contributed by atoms with Crippen LogP contribution in [0.1, 0.15) is 76.3 Å². The molecule has 4 atom stereocenters. The van der Waals surface area contributed by atoms with Gasteiger partial charge in [0.05, 0.1) is 25.0 Å². The monoisotopic (exact) mass is 522 g/mol. The minimum atomic E-state index is -0.164. The number of carbonyl (C=O) groups excluding carboxylic acids is 2. The van der Waals surface area contributed by atoms with E-state index in [2.05, 4.69) is 62.4 Å². The fraction of sp³-hybridized carbons (Fsp3) is 0.562. The van der Waals surface area contributed by atoms with Crippen LogP contribution >= 0.6 is 11.8 Å². The highest BCUT2D eigenvalue weighted by atomic mass is 32.2. The average molecular weight is 523 g/mol. The van der Waals surface area contributed by atoms with Gasteiger partial charge < -0.3 is 9.47 Å². The molecule has 2 fully saturated rings. The molecule has 0 radical (unpaired) electrons. The Balaban J connectivity index is 1.20. The second kappa shape index (κ2) is 13.0. The third-order valence-electron chi connectivity index (χ3n) is 8.75. The zero-order valence-corrected chi connectivity index (χ0v) is 23.3. The molecule has 0 spiro atoms. The van der Waals surface area contributed by atoms with Crippen LogP contribution in [-0.4, -0.2) is 36.7 Å². The average Bonchev–Trinajstić information content (AvgIpc) is 3.57. The van der Waals surface area contributed by atoms with Crippen LogP contribution in [0.25, 0.3) is 0 Å². The van der Waals surface area contributed by atoms with Gasteiger partial charge in [0, 0.05) is 10.8 Å². The van der Waals surface area contributed by atoms with Crippen molar-refractivity contribution in [2.75, 3.05) is 24.7 Å². The molecule has 0 amide bonds. The standard InChI is InChI=1S/C32H42O4S/c1-31(25-13-5-3-6-14-25,27-17-21-35-29(27)33)19-9-11-23-37-24-12-10-20-32(2,26-15-7-4-8-16-26)28-18-22-36-30(28)34/h3-8,13-16,27-28H,9-12,17-24H2,1-2H3. The summed E-state index contributed by atoms with van der Waals surface area (Å²) in [6, 6.07) is 21.0. The van der Waals surface area contributed by atoms with Gasteiger partial charge in [-0.25, -0.2) is 0 Å². The summed E-state index contributed by atoms with van der Waals surface area (Å²) in [5.74, 6) is 2.14. The first-order valence-electron chi connectivity index (χ1n) is 14.0. The summed E-state index contributed by atoms with van der Waals surface area (Å²) >= 11 is 2.03. The van der Waals surface area contributed by atoms with Gasteiger partial charge in [-0.1, -0.05) is 87.4 Å². The first-order chi connectivity index (χ1) is 17.9. The fourth-order valence-corrected chi connectivity index (χ4v) is 7.34. The van der Waals surface area contributed by atoms with Crippen LogP contribution < -0.4 is 0 Å². The summed E-state index contributed by atoms with van der Waals surface area (Å²) in [6.07, 6.45) is 8.18. The van der Waals surface area contributed by atoms with Crippen molar-refractivity contribution in [1.82, 2.24) is 0 Å². The molecule has 2 aromatic carbocycles. The Morgan fingerprint density at radius 2 is 1.08 bits per heavy atom. The molecule has 0 aliphatic carbocycles. The topological polar surface area (TPSA) is 52.6 Å². The van der Waals surface area contributed by atoms with E-state index in [4.69, 9.17) is 9.47 Å². The van der Waals surface area contributed by atoms with Crippen molar-refractivity contribution in [2.24, 2.45) is 11.8 Å². The number of thioether (sulfide) groups is 1. The molecule has 4 rings (SSSR count). The van der Waals surface area contributed by atoms with Gasteiger partial charge in [0.1, 0.15) is 0 Å². The molecule has 4 nitrogen and oxygen atoms in total. The van der Waals surface area contributed by atoms with Gasteiger partial charge in [0.25, 0.3) is 0 Å². The largest absolute Gasteiger partial charge is 0.465 e. The minimum absolute atomic E-state index is 0.0332. The molecule has 37 heavy (non-hydrogen) atoms. The maximum Gasteiger partial charge on any atom is 0.309 e. The molecule has 2 aliphatic rings. The molecule has 5 heteroatoms. The number of cyclic esters (lactones) is 2. The molecule has 0 bridgehead atoms. The Labute approximate surface area is 226 Å². The van der Waals surface area contributed by atoms with E-state index < -0.39 is 0 Å². The number of esters is 2. The van der Waals surface area contributed by atoms with E-state index in [0.717, 1.165) is 62.9 Å². The highest BCUT2D eigenvalue weighted by Gasteiger charge is 2.44. The van der Waals surface area contributed by atoms with Gasteiger partial charge >= 0.3 is 11.9 Å². The number of carbonyl (C=O) groups is 2. The van der Waals surface area contributed by atoms with E-state index in [1.165, 1.54) is 11.1 Å². The normalized spacial score (nSPS) is 22.8. The van der Waals surface area contributed by atoms with Crippen LogP contribution in [0.3, 0.4) is 0 Å². The highest BCUT2D eigenvalue weighted by molar-refractivity contribution is 7.99. The van der Waals surface area contributed by atoms with Gasteiger partial charge in [-0.05, 0) is 61.2 Å². The SMILES string of the molecule is CC(CCCCSCCCCC(C)(c1ccccc1)C1CCOC1=O)(c1ccccc1)C1CCOC1=O. The lowest BCUT2D eigenvalue weighted by Crippen LogP contribution is -2.35. The summed E-state index contributed by atoms with van der Waals surface area (Å²) in [6.45, 7) is 5.59. The van der Waals surface area contributed by atoms with Crippen molar-refractivity contribution < 1.29 is 19.1 Å². The van der Waals surface area contributed by atoms with Crippen molar-refractivity contribution in [1.29, 1.82) is 0 Å². The van der Waals surface area contributed by atoms with Crippen LogP contribution in [0, 0.1) is 11.8 Å². The Kier molecular flexibility index (Phi) is 9.75. The van der Waals surface area contributed by atoms with E-state index in [1.54, 1.807) is 0 Å². The molecule has 0 saturated carbocycles. The van der Waals surface area contributed by atoms with Gasteiger partial charge in [-0.15, -0.1) is 0 Å². The van der Waals surface area contributed by atoms with E-state index in [1.807, 2.05) is 23.9 Å². The lowest BCUT2D eigenvalue weighted by Gasteiger charge is -2.34. The molecule has 2 heterocycles. The maximum atomic E-state index is 12.4. The third-order valence-corrected chi connectivity index (χ3v) is 9.90. The van der Waals surface area contributed by atoms with Crippen LogP contribution in [0.2, 0.25) is 0 Å². The Morgan fingerprint density at radius 3 is 1.43 bits per heavy atom. The van der Waals surface area contributed by atoms with Crippen LogP contribution in [-0.2, 0) is 29.9 Å². The van der Waals surface area contributed by atoms with Gasteiger partial charge in [0.2, 0.25) is 0 Å². The van der Waals surface area contributed by atoms with Crippen molar-refractivity contribution in [3.63, 3.8) is 0 Å². The van der Waals surface area contributed by atoms with Gasteiger partial charge in [0.15, 0.2) is 0 Å². The Hall–Kier alpha value is -2.27. The lowest BCUT2D eigenvalue weighted by molar-refractivity contribution is -0.144. The predicted octanol–water partition coefficient (Wildman–Crippen LogP) is 7.10. The van der Waals surface area contributed by atoms with Crippen LogP contribution in [0.15, 0.2) is 60.7 Å². The first-order valence-corrected chi connectivity index (χ1v) is 15.1. The van der Waals surface area contributed by atoms with Crippen LogP contribution in [0.5, 0.6) is 0 Å². The molecule has 2 aliphatic heterocycles. The number of hydrogen-bond donors (Lipinski definition) is 0. The first kappa shape index (κ1) is 27.8. The summed E-state index contributed by atoms with van der Waals surface area (Å²) in [7, 11) is 0. The van der Waals surface area contributed by atoms with E-state index >= 15 is 0 Å². The minimum Gasteiger partial charge on any atom is -0.465 e. The number of hydrogen-bond acceptors (Lipinski definition) is 5. The fourth-order valence-electron chi connectivity index (χ4n) is 6.32. The molecular formula is C32H42O4S. The third kappa shape index (κ3) is 6.60. The van der Waals surface area contributed by atoms with Crippen molar-refractivity contribution in [3.05, 3.63) is 71.8 Å². The smallest absolute Gasteiger partial charge is 0.309 e. The van der Waals surface area contributed by atoms with Gasteiger partial charge in [-0.2, -0.15) is 11.8 Å². The molecule has 200 valence electrons. The Bertz CT molecular complexity index is 928. The number of rotatable bonds is 14. The molecular weight excluding hydrogens is 480 g/mol. The highest BCUT2D eigenvalue weighted by Crippen LogP contribution is 2.43. The predicted molar refractivity (Wildman–Crippen MR) is 151 cm³/mol. The van der Waals surface area contributed by atoms with Crippen molar-refractivity contribution in [2.45, 2.75) is 76.0 Å². The molecule has 4 unspecified atom stereocenters. The second-order valence-corrected chi connectivity index (χ2v) is 12.3. The molecule has 0 N–H and O–H groups in total. The van der Waals surface area contributed by atoms with Gasteiger partial charge in [-0.3, -0.25) is 9.59 Å². The van der Waals surface area contributed by atoms with Crippen molar-refractivity contribution >= 4 is 23.7 Å². The summed E-state index contributed by atoms with van der Waals surface area (Å²) in [4.78, 5) is 24.9. The number of benzene rings is 2. The number of ether oxygens (including phenoxy) is 2. The van der Waals surface area contributed by atoms with E-state index in [-0.39, 0.29) is 34.6 Å². The van der Waals surface area contributed by atoms with Crippen LogP contribution in [0.4, 0.5) is 0 Å². The molecule has 0 aromatic heterocycles. The zero-order valence-electron chi connectivity index (χ0n) is 22.5. The quantitative estimate of drug-likeness (QED) is 0.196. The molecule has 2 saturated heterocycles. The summed E-state index contributed by atoms with van der Waals surface area (Å²) < 4.78 is 10.7. The second-order valence-electron chi connectivity index (χ2n) is 11.1. The van der Waals surface area contributed by atoms with Crippen molar-refractivity contribution in [3.8, 4) is 0 Å². The lowest BCUT2D eigenvalue weighted by atomic mass is 9.68. The van der Waals surface area contributed by atoms with E-state index in [0.29, 0.717) is 13.2 Å².